The Morgan fingerprint density at radius 3 is 2.71 bits per heavy atom. The fraction of sp³-hybridized carbons (Fsp3) is 0.364. The molecule has 0 spiro atoms. The van der Waals surface area contributed by atoms with Gasteiger partial charge in [0.1, 0.15) is 12.2 Å². The summed E-state index contributed by atoms with van der Waals surface area (Å²) in [6.07, 6.45) is -4.56. The van der Waals surface area contributed by atoms with Crippen molar-refractivity contribution in [2.75, 3.05) is 6.61 Å². The van der Waals surface area contributed by atoms with Crippen LogP contribution in [0.15, 0.2) is 48.5 Å². The van der Waals surface area contributed by atoms with Crippen molar-refractivity contribution in [3.8, 4) is 0 Å². The molecule has 5 atom stereocenters. The van der Waals surface area contributed by atoms with E-state index in [1.54, 1.807) is 6.07 Å². The number of halogens is 1. The molecule has 6 heteroatoms. The molecule has 4 nitrogen and oxygen atoms in total. The summed E-state index contributed by atoms with van der Waals surface area (Å²) in [7, 11) is 0. The predicted octanol–water partition coefficient (Wildman–Crippen LogP) is 3.81. The number of thiophene rings is 1. The Hall–Kier alpha value is -1.83. The van der Waals surface area contributed by atoms with E-state index in [0.717, 1.165) is 21.2 Å². The van der Waals surface area contributed by atoms with E-state index in [1.165, 1.54) is 11.3 Å². The van der Waals surface area contributed by atoms with Gasteiger partial charge in [0.15, 0.2) is 6.17 Å². The van der Waals surface area contributed by atoms with Gasteiger partial charge in [0.05, 0.1) is 18.8 Å². The number of benzene rings is 2. The molecule has 1 aliphatic rings. The van der Waals surface area contributed by atoms with Gasteiger partial charge in [-0.15, -0.1) is 11.3 Å². The molecule has 148 valence electrons. The Morgan fingerprint density at radius 2 is 1.96 bits per heavy atom. The maximum atomic E-state index is 15.4. The highest BCUT2D eigenvalue weighted by Crippen LogP contribution is 2.39. The molecule has 0 radical (unpaired) electrons. The van der Waals surface area contributed by atoms with E-state index < -0.39 is 30.6 Å². The van der Waals surface area contributed by atoms with Gasteiger partial charge in [-0.2, -0.15) is 0 Å². The molecule has 3 N–H and O–H groups in total. The van der Waals surface area contributed by atoms with Crippen molar-refractivity contribution in [3.63, 3.8) is 0 Å². The zero-order valence-corrected chi connectivity index (χ0v) is 16.3. The second-order valence-electron chi connectivity index (χ2n) is 7.30. The van der Waals surface area contributed by atoms with Gasteiger partial charge in [-0.1, -0.05) is 30.3 Å². The highest BCUT2D eigenvalue weighted by Gasteiger charge is 2.37. The summed E-state index contributed by atoms with van der Waals surface area (Å²) < 4.78 is 22.2. The third kappa shape index (κ3) is 3.58. The topological polar surface area (TPSA) is 69.9 Å². The van der Waals surface area contributed by atoms with E-state index in [9.17, 15) is 15.3 Å². The van der Waals surface area contributed by atoms with Crippen LogP contribution in [0.25, 0.3) is 10.1 Å². The van der Waals surface area contributed by atoms with Gasteiger partial charge in [0.25, 0.3) is 0 Å². The molecule has 0 amide bonds. The van der Waals surface area contributed by atoms with Gasteiger partial charge in [-0.25, -0.2) is 4.39 Å². The van der Waals surface area contributed by atoms with Gasteiger partial charge in [-0.05, 0) is 47.2 Å². The lowest BCUT2D eigenvalue weighted by Gasteiger charge is -2.36. The number of alkyl halides is 1. The molecular weight excluding hydrogens is 379 g/mol. The van der Waals surface area contributed by atoms with E-state index in [-0.39, 0.29) is 13.0 Å². The second-order valence-corrected chi connectivity index (χ2v) is 8.42. The van der Waals surface area contributed by atoms with Gasteiger partial charge in [0.2, 0.25) is 0 Å². The number of ether oxygens (including phenoxy) is 1. The lowest BCUT2D eigenvalue weighted by molar-refractivity contribution is -0.181. The van der Waals surface area contributed by atoms with Gasteiger partial charge in [0, 0.05) is 16.0 Å². The van der Waals surface area contributed by atoms with Crippen molar-refractivity contribution in [1.29, 1.82) is 0 Å². The minimum Gasteiger partial charge on any atom is -0.394 e. The molecule has 1 unspecified atom stereocenters. The second kappa shape index (κ2) is 7.89. The van der Waals surface area contributed by atoms with Crippen LogP contribution in [0.5, 0.6) is 0 Å². The molecule has 1 fully saturated rings. The number of aliphatic hydroxyl groups excluding tert-OH is 3. The maximum Gasteiger partial charge on any atom is 0.160 e. The van der Waals surface area contributed by atoms with Crippen LogP contribution in [0.2, 0.25) is 0 Å². The SMILES string of the molecule is Cc1ccc([C@H]2C[C@@H](O)[C@H](O)[C@@H](CO)O2)cc1C(F)c1cc2ccccc2s1. The molecule has 1 saturated heterocycles. The summed E-state index contributed by atoms with van der Waals surface area (Å²) in [5.41, 5.74) is 2.13. The summed E-state index contributed by atoms with van der Waals surface area (Å²) in [4.78, 5) is 0.648. The Balaban J connectivity index is 1.65. The van der Waals surface area contributed by atoms with Gasteiger partial charge < -0.3 is 20.1 Å². The van der Waals surface area contributed by atoms with Crippen molar-refractivity contribution in [1.82, 2.24) is 0 Å². The Kier molecular flexibility index (Phi) is 5.49. The summed E-state index contributed by atoms with van der Waals surface area (Å²) in [5.74, 6) is 0. The average Bonchev–Trinajstić information content (AvgIpc) is 3.14. The quantitative estimate of drug-likeness (QED) is 0.621. The molecule has 2 heterocycles. The fourth-order valence-corrected chi connectivity index (χ4v) is 4.79. The molecule has 1 aliphatic heterocycles. The van der Waals surface area contributed by atoms with Crippen molar-refractivity contribution in [2.24, 2.45) is 0 Å². The first-order chi connectivity index (χ1) is 13.5. The van der Waals surface area contributed by atoms with E-state index in [4.69, 9.17) is 4.74 Å². The van der Waals surface area contributed by atoms with Crippen molar-refractivity contribution in [3.05, 3.63) is 70.1 Å². The molecular formula is C22H23FO4S. The zero-order chi connectivity index (χ0) is 19.8. The Morgan fingerprint density at radius 1 is 1.18 bits per heavy atom. The van der Waals surface area contributed by atoms with Crippen LogP contribution in [0, 0.1) is 6.92 Å². The zero-order valence-electron chi connectivity index (χ0n) is 15.5. The highest BCUT2D eigenvalue weighted by molar-refractivity contribution is 7.19. The summed E-state index contributed by atoms with van der Waals surface area (Å²) in [5, 5.41) is 30.4. The first-order valence-corrected chi connectivity index (χ1v) is 10.1. The summed E-state index contributed by atoms with van der Waals surface area (Å²) in [6.45, 7) is 1.48. The smallest absolute Gasteiger partial charge is 0.160 e. The maximum absolute atomic E-state index is 15.4. The number of fused-ring (bicyclic) bond motifs is 1. The summed E-state index contributed by atoms with van der Waals surface area (Å²) >= 11 is 1.44. The number of rotatable bonds is 4. The fourth-order valence-electron chi connectivity index (χ4n) is 3.73. The van der Waals surface area contributed by atoms with E-state index in [0.29, 0.717) is 10.4 Å². The van der Waals surface area contributed by atoms with Crippen LogP contribution in [-0.2, 0) is 4.74 Å². The lowest BCUT2D eigenvalue weighted by atomic mass is 9.91. The molecule has 2 aromatic carbocycles. The number of hydrogen-bond acceptors (Lipinski definition) is 5. The van der Waals surface area contributed by atoms with E-state index in [1.807, 2.05) is 49.4 Å². The standard InChI is InChI=1S/C22H23FO4S/c1-12-6-7-13(17-10-16(25)22(26)18(11-24)27-17)8-15(12)21(23)20-9-14-4-2-3-5-19(14)28-20/h2-9,16-18,21-22,24-26H,10-11H2,1H3/t16-,17-,18-,21?,22+/m1/s1. The molecule has 0 saturated carbocycles. The van der Waals surface area contributed by atoms with Crippen LogP contribution < -0.4 is 0 Å². The molecule has 0 aliphatic carbocycles. The third-order valence-electron chi connectivity index (χ3n) is 5.39. The molecule has 0 bridgehead atoms. The molecule has 28 heavy (non-hydrogen) atoms. The van der Waals surface area contributed by atoms with E-state index >= 15 is 4.39 Å². The highest BCUT2D eigenvalue weighted by atomic mass is 32.1. The van der Waals surface area contributed by atoms with Crippen LogP contribution in [0.1, 0.15) is 40.3 Å². The first kappa shape index (κ1) is 19.5. The average molecular weight is 402 g/mol. The van der Waals surface area contributed by atoms with Crippen molar-refractivity contribution < 1.29 is 24.4 Å². The minimum atomic E-state index is -1.26. The van der Waals surface area contributed by atoms with Gasteiger partial charge >= 0.3 is 0 Å². The van der Waals surface area contributed by atoms with Crippen LogP contribution in [0.4, 0.5) is 4.39 Å². The first-order valence-electron chi connectivity index (χ1n) is 9.33. The van der Waals surface area contributed by atoms with Crippen molar-refractivity contribution in [2.45, 2.75) is 43.9 Å². The largest absolute Gasteiger partial charge is 0.394 e. The monoisotopic (exact) mass is 402 g/mol. The van der Waals surface area contributed by atoms with E-state index in [2.05, 4.69) is 0 Å². The number of hydrogen-bond donors (Lipinski definition) is 3. The Bertz CT molecular complexity index is 939. The molecule has 1 aromatic heterocycles. The normalized spacial score (nSPS) is 26.5. The third-order valence-corrected chi connectivity index (χ3v) is 6.54. The van der Waals surface area contributed by atoms with Crippen LogP contribution in [0.3, 0.4) is 0 Å². The summed E-state index contributed by atoms with van der Waals surface area (Å²) in [6, 6.07) is 15.2. The molecule has 3 aromatic rings. The number of aryl methyl sites for hydroxylation is 1. The van der Waals surface area contributed by atoms with Crippen molar-refractivity contribution >= 4 is 21.4 Å². The number of aliphatic hydroxyl groups is 3. The van der Waals surface area contributed by atoms with Gasteiger partial charge in [-0.3, -0.25) is 0 Å². The predicted molar refractivity (Wildman–Crippen MR) is 107 cm³/mol. The lowest BCUT2D eigenvalue weighted by Crippen LogP contribution is -2.47. The minimum absolute atomic E-state index is 0.194. The Labute approximate surface area is 166 Å². The van der Waals surface area contributed by atoms with Crippen LogP contribution in [-0.4, -0.2) is 40.2 Å². The van der Waals surface area contributed by atoms with Crippen LogP contribution >= 0.6 is 11.3 Å². The molecule has 4 rings (SSSR count).